The third-order valence-electron chi connectivity index (χ3n) is 3.66. The normalized spacial score (nSPS) is 44.9. The maximum absolute atomic E-state index is 10.2. The van der Waals surface area contributed by atoms with Gasteiger partial charge in [-0.3, -0.25) is 0 Å². The van der Waals surface area contributed by atoms with Gasteiger partial charge in [-0.05, 0) is 13.8 Å². The van der Waals surface area contributed by atoms with Crippen LogP contribution in [0.3, 0.4) is 0 Å². The highest BCUT2D eigenvalue weighted by Crippen LogP contribution is 2.39. The molecule has 0 radical (unpaired) electrons. The van der Waals surface area contributed by atoms with Crippen LogP contribution in [0.25, 0.3) is 0 Å². The molecule has 6 heteroatoms. The summed E-state index contributed by atoms with van der Waals surface area (Å²) >= 11 is 0. The Labute approximate surface area is 112 Å². The van der Waals surface area contributed by atoms with E-state index in [-0.39, 0.29) is 6.61 Å². The van der Waals surface area contributed by atoms with E-state index in [9.17, 15) is 10.2 Å². The zero-order valence-electron chi connectivity index (χ0n) is 11.5. The largest absolute Gasteiger partial charge is 0.387 e. The monoisotopic (exact) mass is 274 g/mol. The molecule has 0 spiro atoms. The Hall–Kier alpha value is -0.500. The van der Waals surface area contributed by atoms with Crippen molar-refractivity contribution in [2.45, 2.75) is 56.3 Å². The van der Waals surface area contributed by atoms with Crippen molar-refractivity contribution in [1.82, 2.24) is 0 Å². The van der Waals surface area contributed by atoms with Gasteiger partial charge >= 0.3 is 0 Å². The van der Waals surface area contributed by atoms with Gasteiger partial charge in [0.05, 0.1) is 12.2 Å². The van der Waals surface area contributed by atoms with Crippen molar-refractivity contribution in [1.29, 1.82) is 0 Å². The van der Waals surface area contributed by atoms with E-state index in [1.165, 1.54) is 7.11 Å². The molecule has 6 atom stereocenters. The van der Waals surface area contributed by atoms with Gasteiger partial charge in [-0.15, -0.1) is 6.58 Å². The highest BCUT2D eigenvalue weighted by Gasteiger charge is 2.58. The van der Waals surface area contributed by atoms with Gasteiger partial charge < -0.3 is 29.2 Å². The molecule has 0 aliphatic carbocycles. The SMILES string of the molecule is C=CCO[C@@H]1[C@@H](O)[C@H](OC)O[C@@H]2C(O)C(C)(C)O[C@@H]12. The molecule has 0 aromatic heterocycles. The Kier molecular flexibility index (Phi) is 4.29. The van der Waals surface area contributed by atoms with Gasteiger partial charge in [-0.25, -0.2) is 0 Å². The number of hydrogen-bond donors (Lipinski definition) is 2. The molecule has 0 amide bonds. The zero-order valence-corrected chi connectivity index (χ0v) is 11.5. The average molecular weight is 274 g/mol. The van der Waals surface area contributed by atoms with Crippen LogP contribution in [0.5, 0.6) is 0 Å². The van der Waals surface area contributed by atoms with Crippen molar-refractivity contribution < 1.29 is 29.2 Å². The first-order chi connectivity index (χ1) is 8.92. The molecule has 6 nitrogen and oxygen atoms in total. The molecule has 0 aromatic rings. The van der Waals surface area contributed by atoms with E-state index in [4.69, 9.17) is 18.9 Å². The number of fused-ring (bicyclic) bond motifs is 1. The fourth-order valence-electron chi connectivity index (χ4n) is 2.62. The number of rotatable bonds is 4. The molecule has 2 N–H and O–H groups in total. The topological polar surface area (TPSA) is 77.4 Å². The molecule has 19 heavy (non-hydrogen) atoms. The van der Waals surface area contributed by atoms with Gasteiger partial charge in [-0.2, -0.15) is 0 Å². The fraction of sp³-hybridized carbons (Fsp3) is 0.846. The molecule has 2 rings (SSSR count). The van der Waals surface area contributed by atoms with E-state index in [0.29, 0.717) is 0 Å². The Balaban J connectivity index is 2.21. The predicted octanol–water partition coefficient (Wildman–Crippen LogP) is -0.172. The molecule has 2 fully saturated rings. The lowest BCUT2D eigenvalue weighted by molar-refractivity contribution is -0.292. The van der Waals surface area contributed by atoms with Crippen LogP contribution in [-0.2, 0) is 18.9 Å². The third kappa shape index (κ3) is 2.56. The summed E-state index contributed by atoms with van der Waals surface area (Å²) in [5, 5.41) is 20.4. The van der Waals surface area contributed by atoms with Crippen molar-refractivity contribution in [2.75, 3.05) is 13.7 Å². The second-order valence-electron chi connectivity index (χ2n) is 5.41. The fourth-order valence-corrected chi connectivity index (χ4v) is 2.62. The van der Waals surface area contributed by atoms with E-state index in [2.05, 4.69) is 6.58 Å². The average Bonchev–Trinajstić information content (AvgIpc) is 2.59. The second-order valence-corrected chi connectivity index (χ2v) is 5.41. The lowest BCUT2D eigenvalue weighted by atomic mass is 9.93. The molecule has 0 aromatic carbocycles. The number of methoxy groups -OCH3 is 1. The first-order valence-electron chi connectivity index (χ1n) is 6.37. The molecule has 2 aliphatic heterocycles. The lowest BCUT2D eigenvalue weighted by Gasteiger charge is -2.40. The van der Waals surface area contributed by atoms with E-state index in [1.807, 2.05) is 0 Å². The van der Waals surface area contributed by atoms with Crippen molar-refractivity contribution in [3.05, 3.63) is 12.7 Å². The van der Waals surface area contributed by atoms with Crippen LogP contribution in [0.2, 0.25) is 0 Å². The molecule has 2 saturated heterocycles. The number of hydrogen-bond acceptors (Lipinski definition) is 6. The molecule has 0 bridgehead atoms. The van der Waals surface area contributed by atoms with E-state index < -0.39 is 42.4 Å². The maximum atomic E-state index is 10.2. The standard InChI is InChI=1S/C13H22O6/c1-5-6-17-8-7(14)12(16-4)18-10-9(8)19-13(2,3)11(10)15/h5,7-12,14-15H,1,6H2,2-4H3/t7-,8-,9+,10+,11?,12-/m1/s1. The number of ether oxygens (including phenoxy) is 4. The number of aliphatic hydroxyl groups excluding tert-OH is 2. The summed E-state index contributed by atoms with van der Waals surface area (Å²) in [7, 11) is 1.44. The highest BCUT2D eigenvalue weighted by atomic mass is 16.7. The van der Waals surface area contributed by atoms with Crippen molar-refractivity contribution >= 4 is 0 Å². The first-order valence-corrected chi connectivity index (χ1v) is 6.37. The van der Waals surface area contributed by atoms with Gasteiger partial charge in [0, 0.05) is 7.11 Å². The van der Waals surface area contributed by atoms with E-state index >= 15 is 0 Å². The summed E-state index contributed by atoms with van der Waals surface area (Å²) in [6.45, 7) is 7.41. The predicted molar refractivity (Wildman–Crippen MR) is 66.6 cm³/mol. The van der Waals surface area contributed by atoms with Crippen LogP contribution in [0.4, 0.5) is 0 Å². The molecular formula is C13H22O6. The lowest BCUT2D eigenvalue weighted by Crippen LogP contribution is -2.59. The minimum absolute atomic E-state index is 0.279. The summed E-state index contributed by atoms with van der Waals surface area (Å²) in [5.74, 6) is 0. The quantitative estimate of drug-likeness (QED) is 0.693. The van der Waals surface area contributed by atoms with Crippen molar-refractivity contribution in [3.63, 3.8) is 0 Å². The summed E-state index contributed by atoms with van der Waals surface area (Å²) in [5.41, 5.74) is -0.756. The van der Waals surface area contributed by atoms with Gasteiger partial charge in [0.25, 0.3) is 0 Å². The van der Waals surface area contributed by atoms with Crippen molar-refractivity contribution in [2.24, 2.45) is 0 Å². The summed E-state index contributed by atoms with van der Waals surface area (Å²) in [6.07, 6.45) is -2.79. The van der Waals surface area contributed by atoms with Gasteiger partial charge in [0.1, 0.15) is 30.5 Å². The van der Waals surface area contributed by atoms with Crippen LogP contribution in [0.1, 0.15) is 13.8 Å². The molecular weight excluding hydrogens is 252 g/mol. The van der Waals surface area contributed by atoms with Gasteiger partial charge in [0.15, 0.2) is 6.29 Å². The van der Waals surface area contributed by atoms with Crippen LogP contribution in [-0.4, -0.2) is 66.3 Å². The van der Waals surface area contributed by atoms with Gasteiger partial charge in [-0.1, -0.05) is 6.08 Å². The van der Waals surface area contributed by atoms with Crippen LogP contribution in [0.15, 0.2) is 12.7 Å². The Morgan fingerprint density at radius 1 is 1.32 bits per heavy atom. The molecule has 0 saturated carbocycles. The van der Waals surface area contributed by atoms with Crippen molar-refractivity contribution in [3.8, 4) is 0 Å². The highest BCUT2D eigenvalue weighted by molar-refractivity contribution is 5.05. The van der Waals surface area contributed by atoms with E-state index in [1.54, 1.807) is 19.9 Å². The number of aliphatic hydroxyl groups is 2. The van der Waals surface area contributed by atoms with Crippen LogP contribution < -0.4 is 0 Å². The summed E-state index contributed by atoms with van der Waals surface area (Å²) in [4.78, 5) is 0. The van der Waals surface area contributed by atoms with Crippen LogP contribution >= 0.6 is 0 Å². The molecule has 2 aliphatic rings. The summed E-state index contributed by atoms with van der Waals surface area (Å²) < 4.78 is 22.0. The minimum atomic E-state index is -0.979. The first kappa shape index (κ1) is 14.9. The molecule has 110 valence electrons. The Bertz CT molecular complexity index is 331. The van der Waals surface area contributed by atoms with Gasteiger partial charge in [0.2, 0.25) is 0 Å². The Morgan fingerprint density at radius 2 is 2.00 bits per heavy atom. The van der Waals surface area contributed by atoms with Crippen LogP contribution in [0, 0.1) is 0 Å². The minimum Gasteiger partial charge on any atom is -0.387 e. The molecule has 1 unspecified atom stereocenters. The Morgan fingerprint density at radius 3 is 2.58 bits per heavy atom. The zero-order chi connectivity index (χ0) is 14.2. The van der Waals surface area contributed by atoms with E-state index in [0.717, 1.165) is 0 Å². The smallest absolute Gasteiger partial charge is 0.186 e. The molecule has 2 heterocycles. The second kappa shape index (κ2) is 5.47. The maximum Gasteiger partial charge on any atom is 0.186 e. The summed E-state index contributed by atoms with van der Waals surface area (Å²) in [6, 6.07) is 0. The third-order valence-corrected chi connectivity index (χ3v) is 3.66.